The normalized spacial score (nSPS) is 11.4. The van der Waals surface area contributed by atoms with Gasteiger partial charge in [-0.05, 0) is 26.0 Å². The summed E-state index contributed by atoms with van der Waals surface area (Å²) in [4.78, 5) is 11.3. The highest BCUT2D eigenvalue weighted by atomic mass is 79.9. The number of hydrogen-bond acceptors (Lipinski definition) is 2. The second-order valence-electron chi connectivity index (χ2n) is 3.76. The van der Waals surface area contributed by atoms with Gasteiger partial charge in [-0.15, -0.1) is 0 Å². The molecule has 0 aromatic heterocycles. The van der Waals surface area contributed by atoms with Crippen molar-refractivity contribution in [2.75, 3.05) is 5.32 Å². The van der Waals surface area contributed by atoms with Gasteiger partial charge in [0, 0.05) is 4.47 Å². The number of nitrogens with one attached hydrogen (secondary N) is 1. The van der Waals surface area contributed by atoms with Crippen LogP contribution >= 0.6 is 15.9 Å². The van der Waals surface area contributed by atoms with Crippen molar-refractivity contribution in [3.05, 3.63) is 28.2 Å². The molecule has 1 aromatic carbocycles. The van der Waals surface area contributed by atoms with E-state index in [2.05, 4.69) is 15.9 Å². The summed E-state index contributed by atoms with van der Waals surface area (Å²) in [7, 11) is 0. The van der Waals surface area contributed by atoms with Crippen LogP contribution in [0.1, 0.15) is 13.8 Å². The lowest BCUT2D eigenvalue weighted by Gasteiger charge is -2.17. The molecular formula is C10H10BrF2NO2. The highest BCUT2D eigenvalue weighted by Gasteiger charge is 2.25. The zero-order valence-corrected chi connectivity index (χ0v) is 10.2. The van der Waals surface area contributed by atoms with E-state index in [-0.39, 0.29) is 4.47 Å². The minimum Gasteiger partial charge on any atom is -0.381 e. The molecule has 1 amide bonds. The van der Waals surface area contributed by atoms with Crippen molar-refractivity contribution >= 4 is 27.5 Å². The summed E-state index contributed by atoms with van der Waals surface area (Å²) in [6, 6.07) is 2.03. The molecule has 0 aliphatic heterocycles. The van der Waals surface area contributed by atoms with E-state index in [0.29, 0.717) is 0 Å². The lowest BCUT2D eigenvalue weighted by Crippen LogP contribution is -2.37. The number of amides is 1. The lowest BCUT2D eigenvalue weighted by molar-refractivity contribution is -0.130. The summed E-state index contributed by atoms with van der Waals surface area (Å²) < 4.78 is 26.8. The van der Waals surface area contributed by atoms with Crippen molar-refractivity contribution in [1.82, 2.24) is 0 Å². The molecule has 0 aliphatic carbocycles. The fraction of sp³-hybridized carbons (Fsp3) is 0.300. The van der Waals surface area contributed by atoms with Crippen molar-refractivity contribution in [2.45, 2.75) is 19.4 Å². The molecule has 0 unspecified atom stereocenters. The van der Waals surface area contributed by atoms with E-state index in [9.17, 15) is 18.7 Å². The predicted molar refractivity (Wildman–Crippen MR) is 59.0 cm³/mol. The molecule has 0 atom stereocenters. The monoisotopic (exact) mass is 293 g/mol. The SMILES string of the molecule is CC(C)(O)C(=O)Nc1c(F)cc(Br)cc1F. The molecular weight excluding hydrogens is 284 g/mol. The van der Waals surface area contributed by atoms with E-state index in [4.69, 9.17) is 0 Å². The van der Waals surface area contributed by atoms with E-state index < -0.39 is 28.8 Å². The first-order chi connectivity index (χ1) is 7.21. The van der Waals surface area contributed by atoms with Crippen LogP contribution in [0.4, 0.5) is 14.5 Å². The summed E-state index contributed by atoms with van der Waals surface area (Å²) in [5.41, 5.74) is -2.28. The molecule has 1 rings (SSSR count). The smallest absolute Gasteiger partial charge is 0.255 e. The number of carbonyl (C=O) groups is 1. The number of hydrogen-bond donors (Lipinski definition) is 2. The average molecular weight is 294 g/mol. The van der Waals surface area contributed by atoms with Crippen LogP contribution in [-0.4, -0.2) is 16.6 Å². The molecule has 0 fully saturated rings. The van der Waals surface area contributed by atoms with E-state index in [0.717, 1.165) is 12.1 Å². The summed E-state index contributed by atoms with van der Waals surface area (Å²) >= 11 is 2.91. The lowest BCUT2D eigenvalue weighted by atomic mass is 10.1. The molecule has 3 nitrogen and oxygen atoms in total. The first-order valence-electron chi connectivity index (χ1n) is 4.40. The molecule has 0 spiro atoms. The molecule has 88 valence electrons. The minimum atomic E-state index is -1.70. The molecule has 0 heterocycles. The van der Waals surface area contributed by atoms with Gasteiger partial charge in [-0.3, -0.25) is 4.79 Å². The van der Waals surface area contributed by atoms with Crippen LogP contribution in [0.15, 0.2) is 16.6 Å². The maximum Gasteiger partial charge on any atom is 0.255 e. The molecule has 0 radical (unpaired) electrons. The zero-order valence-electron chi connectivity index (χ0n) is 8.64. The average Bonchev–Trinajstić information content (AvgIpc) is 2.08. The molecule has 2 N–H and O–H groups in total. The van der Waals surface area contributed by atoms with Crippen LogP contribution in [0.25, 0.3) is 0 Å². The van der Waals surface area contributed by atoms with Crippen LogP contribution in [0.2, 0.25) is 0 Å². The standard InChI is InChI=1S/C10H10BrF2NO2/c1-10(2,16)9(15)14-8-6(12)3-5(11)4-7(8)13/h3-4,16H,1-2H3,(H,14,15). The van der Waals surface area contributed by atoms with Gasteiger partial charge in [-0.2, -0.15) is 0 Å². The predicted octanol–water partition coefficient (Wildman–Crippen LogP) is 2.44. The number of rotatable bonds is 2. The molecule has 16 heavy (non-hydrogen) atoms. The quantitative estimate of drug-likeness (QED) is 0.880. The van der Waals surface area contributed by atoms with Gasteiger partial charge >= 0.3 is 0 Å². The molecule has 0 saturated carbocycles. The van der Waals surface area contributed by atoms with Gasteiger partial charge in [0.2, 0.25) is 0 Å². The summed E-state index contributed by atoms with van der Waals surface area (Å²) in [6.45, 7) is 2.44. The number of anilines is 1. The van der Waals surface area contributed by atoms with Crippen LogP contribution in [0.3, 0.4) is 0 Å². The maximum atomic E-state index is 13.3. The van der Waals surface area contributed by atoms with Gasteiger partial charge in [-0.25, -0.2) is 8.78 Å². The van der Waals surface area contributed by atoms with Crippen molar-refractivity contribution in [1.29, 1.82) is 0 Å². The maximum absolute atomic E-state index is 13.3. The Morgan fingerprint density at radius 3 is 2.19 bits per heavy atom. The van der Waals surface area contributed by atoms with Gasteiger partial charge in [0.15, 0.2) is 11.6 Å². The summed E-state index contributed by atoms with van der Waals surface area (Å²) in [5, 5.41) is 11.3. The van der Waals surface area contributed by atoms with Crippen LogP contribution in [-0.2, 0) is 4.79 Å². The largest absolute Gasteiger partial charge is 0.381 e. The van der Waals surface area contributed by atoms with Crippen molar-refractivity contribution in [3.8, 4) is 0 Å². The summed E-state index contributed by atoms with van der Waals surface area (Å²) in [5.74, 6) is -2.71. The second-order valence-corrected chi connectivity index (χ2v) is 4.67. The Bertz CT molecular complexity index is 406. The second kappa shape index (κ2) is 4.47. The van der Waals surface area contributed by atoms with Crippen LogP contribution in [0, 0.1) is 11.6 Å². The van der Waals surface area contributed by atoms with Gasteiger partial charge in [0.25, 0.3) is 5.91 Å². The highest BCUT2D eigenvalue weighted by Crippen LogP contribution is 2.24. The van der Waals surface area contributed by atoms with E-state index >= 15 is 0 Å². The Hall–Kier alpha value is -1.01. The molecule has 0 aliphatic rings. The number of halogens is 3. The molecule has 0 saturated heterocycles. The fourth-order valence-electron chi connectivity index (χ4n) is 0.928. The number of benzene rings is 1. The van der Waals surface area contributed by atoms with E-state index in [1.165, 1.54) is 13.8 Å². The van der Waals surface area contributed by atoms with Gasteiger partial charge in [0.05, 0.1) is 0 Å². The third-order valence-corrected chi connectivity index (χ3v) is 2.26. The van der Waals surface area contributed by atoms with Crippen molar-refractivity contribution in [3.63, 3.8) is 0 Å². The van der Waals surface area contributed by atoms with Crippen molar-refractivity contribution < 1.29 is 18.7 Å². The Balaban J connectivity index is 3.03. The first-order valence-corrected chi connectivity index (χ1v) is 5.19. The third kappa shape index (κ3) is 2.99. The van der Waals surface area contributed by atoms with Gasteiger partial charge in [0.1, 0.15) is 11.3 Å². The van der Waals surface area contributed by atoms with Gasteiger partial charge < -0.3 is 10.4 Å². The molecule has 0 bridgehead atoms. The topological polar surface area (TPSA) is 49.3 Å². The Kier molecular flexibility index (Phi) is 3.64. The Morgan fingerprint density at radius 2 is 1.81 bits per heavy atom. The van der Waals surface area contributed by atoms with Gasteiger partial charge in [-0.1, -0.05) is 15.9 Å². The summed E-state index contributed by atoms with van der Waals surface area (Å²) in [6.07, 6.45) is 0. The fourth-order valence-corrected chi connectivity index (χ4v) is 1.33. The zero-order chi connectivity index (χ0) is 12.5. The third-order valence-electron chi connectivity index (χ3n) is 1.80. The number of aliphatic hydroxyl groups is 1. The van der Waals surface area contributed by atoms with Crippen LogP contribution < -0.4 is 5.32 Å². The Labute approximate surface area is 99.6 Å². The first kappa shape index (κ1) is 13.1. The number of carbonyl (C=O) groups excluding carboxylic acids is 1. The highest BCUT2D eigenvalue weighted by molar-refractivity contribution is 9.10. The van der Waals surface area contributed by atoms with E-state index in [1.807, 2.05) is 5.32 Å². The molecule has 1 aromatic rings. The van der Waals surface area contributed by atoms with E-state index in [1.54, 1.807) is 0 Å². The minimum absolute atomic E-state index is 0.226. The Morgan fingerprint density at radius 1 is 1.38 bits per heavy atom. The van der Waals surface area contributed by atoms with Crippen molar-refractivity contribution in [2.24, 2.45) is 0 Å². The molecule has 6 heteroatoms. The van der Waals surface area contributed by atoms with Crippen LogP contribution in [0.5, 0.6) is 0 Å².